The first-order valence-electron chi connectivity index (χ1n) is 5.87. The predicted octanol–water partition coefficient (Wildman–Crippen LogP) is 1.73. The summed E-state index contributed by atoms with van der Waals surface area (Å²) in [5.74, 6) is 0. The second kappa shape index (κ2) is 4.90. The molecule has 0 bridgehead atoms. The van der Waals surface area contributed by atoms with Crippen LogP contribution in [-0.4, -0.2) is 24.8 Å². The van der Waals surface area contributed by atoms with Crippen LogP contribution in [0.2, 0.25) is 0 Å². The molecule has 2 heterocycles. The van der Waals surface area contributed by atoms with Gasteiger partial charge in [0.2, 0.25) is 0 Å². The van der Waals surface area contributed by atoms with E-state index >= 15 is 0 Å². The van der Waals surface area contributed by atoms with Crippen LogP contribution >= 0.6 is 11.6 Å². The molecule has 3 rings (SSSR count). The molecule has 0 aliphatic heterocycles. The zero-order valence-electron chi connectivity index (χ0n) is 10.4. The van der Waals surface area contributed by atoms with Crippen LogP contribution in [0, 0.1) is 0 Å². The lowest BCUT2D eigenvalue weighted by Crippen LogP contribution is -2.24. The van der Waals surface area contributed by atoms with Crippen molar-refractivity contribution in [3.05, 3.63) is 58.5 Å². The van der Waals surface area contributed by atoms with Gasteiger partial charge in [-0.2, -0.15) is 5.10 Å². The fraction of sp³-hybridized carbons (Fsp3) is 0.0769. The minimum Gasteiger partial charge on any atom is -0.267 e. The molecule has 0 unspecified atom stereocenters. The summed E-state index contributed by atoms with van der Waals surface area (Å²) in [5, 5.41) is 12.8. The molecule has 0 fully saturated rings. The van der Waals surface area contributed by atoms with E-state index in [1.54, 1.807) is 4.68 Å². The molecule has 2 aromatic heterocycles. The number of hydrogen-bond donors (Lipinski definition) is 0. The van der Waals surface area contributed by atoms with Gasteiger partial charge in [0.25, 0.3) is 5.56 Å². The normalized spacial score (nSPS) is 10.8. The van der Waals surface area contributed by atoms with E-state index in [9.17, 15) is 4.79 Å². The summed E-state index contributed by atoms with van der Waals surface area (Å²) in [5.41, 5.74) is 0.937. The number of allylic oxidation sites excluding steroid dienone is 1. The molecule has 0 aliphatic rings. The van der Waals surface area contributed by atoms with Crippen LogP contribution in [0.15, 0.2) is 52.9 Å². The van der Waals surface area contributed by atoms with Crippen molar-refractivity contribution < 1.29 is 0 Å². The highest BCUT2D eigenvalue weighted by Crippen LogP contribution is 2.12. The Kier molecular flexibility index (Phi) is 3.08. The van der Waals surface area contributed by atoms with Gasteiger partial charge < -0.3 is 0 Å². The Morgan fingerprint density at radius 3 is 2.75 bits per heavy atom. The highest BCUT2D eigenvalue weighted by Gasteiger charge is 2.12. The first-order valence-corrected chi connectivity index (χ1v) is 6.25. The molecule has 0 amide bonds. The summed E-state index contributed by atoms with van der Waals surface area (Å²) in [6, 6.07) is 9.42. The summed E-state index contributed by atoms with van der Waals surface area (Å²) in [6.45, 7) is 3.67. The van der Waals surface area contributed by atoms with Gasteiger partial charge >= 0.3 is 0 Å². The van der Waals surface area contributed by atoms with Gasteiger partial charge in [-0.3, -0.25) is 4.79 Å². The Labute approximate surface area is 118 Å². The molecule has 6 nitrogen and oxygen atoms in total. The predicted molar refractivity (Wildman–Crippen MR) is 75.9 cm³/mol. The van der Waals surface area contributed by atoms with E-state index in [4.69, 9.17) is 11.6 Å². The maximum atomic E-state index is 12.2. The van der Waals surface area contributed by atoms with Gasteiger partial charge in [-0.25, -0.2) is 9.36 Å². The highest BCUT2D eigenvalue weighted by molar-refractivity contribution is 6.29. The van der Waals surface area contributed by atoms with Crippen molar-refractivity contribution in [1.82, 2.24) is 24.8 Å². The zero-order valence-corrected chi connectivity index (χ0v) is 11.2. The van der Waals surface area contributed by atoms with Gasteiger partial charge in [0.15, 0.2) is 5.65 Å². The Morgan fingerprint density at radius 1 is 1.30 bits per heavy atom. The van der Waals surface area contributed by atoms with E-state index in [-0.39, 0.29) is 12.1 Å². The van der Waals surface area contributed by atoms with E-state index in [1.165, 1.54) is 6.20 Å². The summed E-state index contributed by atoms with van der Waals surface area (Å²) < 4.78 is 2.73. The molecule has 0 saturated carbocycles. The third-order valence-corrected chi connectivity index (χ3v) is 2.90. The lowest BCUT2D eigenvalue weighted by atomic mass is 10.3. The summed E-state index contributed by atoms with van der Waals surface area (Å²) in [7, 11) is 0. The van der Waals surface area contributed by atoms with E-state index < -0.39 is 0 Å². The van der Waals surface area contributed by atoms with E-state index in [0.29, 0.717) is 16.1 Å². The van der Waals surface area contributed by atoms with Crippen LogP contribution in [0.25, 0.3) is 16.7 Å². The fourth-order valence-electron chi connectivity index (χ4n) is 1.89. The number of halogens is 1. The largest absolute Gasteiger partial charge is 0.281 e. The molecule has 3 aromatic rings. The summed E-state index contributed by atoms with van der Waals surface area (Å²) in [6.07, 6.45) is 1.48. The lowest BCUT2D eigenvalue weighted by molar-refractivity contribution is 0.603. The lowest BCUT2D eigenvalue weighted by Gasteiger charge is -2.03. The van der Waals surface area contributed by atoms with Crippen molar-refractivity contribution in [2.45, 2.75) is 6.54 Å². The Balaban J connectivity index is 2.18. The van der Waals surface area contributed by atoms with E-state index in [0.717, 1.165) is 10.4 Å². The third-order valence-electron chi connectivity index (χ3n) is 2.78. The molecule has 0 radical (unpaired) electrons. The molecule has 0 saturated heterocycles. The van der Waals surface area contributed by atoms with Crippen molar-refractivity contribution in [2.75, 3.05) is 0 Å². The van der Waals surface area contributed by atoms with Crippen molar-refractivity contribution in [2.24, 2.45) is 0 Å². The van der Waals surface area contributed by atoms with Gasteiger partial charge in [0, 0.05) is 5.03 Å². The van der Waals surface area contributed by atoms with Crippen LogP contribution in [-0.2, 0) is 6.54 Å². The number of para-hydroxylation sites is 1. The van der Waals surface area contributed by atoms with Crippen molar-refractivity contribution in [1.29, 1.82) is 0 Å². The minimum atomic E-state index is -0.293. The Bertz CT molecular complexity index is 837. The van der Waals surface area contributed by atoms with E-state index in [2.05, 4.69) is 22.0 Å². The topological polar surface area (TPSA) is 65.6 Å². The smallest absolute Gasteiger partial charge is 0.267 e. The molecule has 0 aliphatic carbocycles. The number of hydrogen-bond acceptors (Lipinski definition) is 4. The second-order valence-corrected chi connectivity index (χ2v) is 4.73. The molecule has 0 atom stereocenters. The molecular weight excluding hydrogens is 278 g/mol. The molecule has 0 spiro atoms. The fourth-order valence-corrected chi connectivity index (χ4v) is 2.00. The van der Waals surface area contributed by atoms with Gasteiger partial charge in [-0.15, -0.1) is 5.10 Å². The number of benzene rings is 1. The number of nitrogens with zero attached hydrogens (tertiary/aromatic N) is 5. The van der Waals surface area contributed by atoms with Crippen LogP contribution in [0.5, 0.6) is 0 Å². The minimum absolute atomic E-state index is 0.125. The first kappa shape index (κ1) is 12.6. The van der Waals surface area contributed by atoms with Gasteiger partial charge in [-0.1, -0.05) is 41.6 Å². The second-order valence-electron chi connectivity index (χ2n) is 4.20. The summed E-state index contributed by atoms with van der Waals surface area (Å²) in [4.78, 5) is 12.2. The molecule has 0 N–H and O–H groups in total. The monoisotopic (exact) mass is 287 g/mol. The Morgan fingerprint density at radius 2 is 2.05 bits per heavy atom. The maximum absolute atomic E-state index is 12.2. The average molecular weight is 288 g/mol. The van der Waals surface area contributed by atoms with Crippen LogP contribution in [0.4, 0.5) is 0 Å². The van der Waals surface area contributed by atoms with Crippen molar-refractivity contribution >= 4 is 22.6 Å². The third kappa shape index (κ3) is 2.10. The molecule has 20 heavy (non-hydrogen) atoms. The molecular formula is C13H10ClN5O. The van der Waals surface area contributed by atoms with Crippen LogP contribution in [0.1, 0.15) is 0 Å². The number of rotatable bonds is 3. The average Bonchev–Trinajstić information content (AvgIpc) is 2.87. The highest BCUT2D eigenvalue weighted by atomic mass is 35.5. The van der Waals surface area contributed by atoms with Crippen molar-refractivity contribution in [3.63, 3.8) is 0 Å². The van der Waals surface area contributed by atoms with E-state index in [1.807, 2.05) is 30.3 Å². The molecule has 1 aromatic carbocycles. The van der Waals surface area contributed by atoms with Crippen LogP contribution < -0.4 is 5.56 Å². The summed E-state index contributed by atoms with van der Waals surface area (Å²) >= 11 is 5.69. The van der Waals surface area contributed by atoms with Gasteiger partial charge in [0.05, 0.1) is 18.4 Å². The van der Waals surface area contributed by atoms with Gasteiger partial charge in [-0.05, 0) is 12.1 Å². The standard InChI is InChI=1S/C13H10ClN5O/c1-9(14)8-18-13(20)11-7-15-19(12(11)16-17-18)10-5-3-2-4-6-10/h2-7H,1,8H2. The van der Waals surface area contributed by atoms with Crippen molar-refractivity contribution in [3.8, 4) is 5.69 Å². The first-order chi connectivity index (χ1) is 9.66. The van der Waals surface area contributed by atoms with Gasteiger partial charge in [0.1, 0.15) is 5.39 Å². The molecule has 100 valence electrons. The SMILES string of the molecule is C=C(Cl)Cn1nnc2c(cnn2-c2ccccc2)c1=O. The quantitative estimate of drug-likeness (QED) is 0.736. The number of fused-ring (bicyclic) bond motifs is 1. The van der Waals surface area contributed by atoms with Crippen LogP contribution in [0.3, 0.4) is 0 Å². The zero-order chi connectivity index (χ0) is 14.1. The molecule has 7 heteroatoms. The Hall–Kier alpha value is -2.47. The maximum Gasteiger partial charge on any atom is 0.281 e. The number of aromatic nitrogens is 5.